The van der Waals surface area contributed by atoms with Gasteiger partial charge in [-0.15, -0.1) is 0 Å². The lowest BCUT2D eigenvalue weighted by atomic mass is 9.81. The van der Waals surface area contributed by atoms with E-state index < -0.39 is 0 Å². The third-order valence-corrected chi connectivity index (χ3v) is 3.53. The summed E-state index contributed by atoms with van der Waals surface area (Å²) >= 11 is 0. The first-order valence-corrected chi connectivity index (χ1v) is 5.86. The molecule has 3 nitrogen and oxygen atoms in total. The Hall–Kier alpha value is -1.90. The molecule has 0 unspecified atom stereocenters. The van der Waals surface area contributed by atoms with Gasteiger partial charge in [0.2, 0.25) is 0 Å². The number of Topliss-reactive ketones (excluding diaryl/α,β-unsaturated/α-hetero) is 1. The molecule has 17 heavy (non-hydrogen) atoms. The van der Waals surface area contributed by atoms with Crippen molar-refractivity contribution in [3.63, 3.8) is 0 Å². The van der Waals surface area contributed by atoms with Gasteiger partial charge >= 0.3 is 0 Å². The smallest absolute Gasteiger partial charge is 0.166 e. The number of aromatic amines is 1. The van der Waals surface area contributed by atoms with Crippen molar-refractivity contribution in [3.05, 3.63) is 52.8 Å². The van der Waals surface area contributed by atoms with E-state index >= 15 is 0 Å². The van der Waals surface area contributed by atoms with E-state index in [1.807, 2.05) is 12.1 Å². The number of aryl methyl sites for hydroxylation is 1. The average Bonchev–Trinajstić information content (AvgIpc) is 2.78. The second kappa shape index (κ2) is 3.84. The highest BCUT2D eigenvalue weighted by molar-refractivity contribution is 5.98. The largest absolute Gasteiger partial charge is 0.294 e. The maximum atomic E-state index is 12.0. The number of hydrogen-bond acceptors (Lipinski definition) is 2. The van der Waals surface area contributed by atoms with Crippen LogP contribution in [0.15, 0.2) is 30.5 Å². The number of ketones is 1. The zero-order valence-electron chi connectivity index (χ0n) is 9.73. The van der Waals surface area contributed by atoms with Crippen LogP contribution in [0.1, 0.15) is 39.5 Å². The molecular weight excluding hydrogens is 212 g/mol. The molecule has 1 aromatic heterocycles. The summed E-state index contributed by atoms with van der Waals surface area (Å²) in [5.74, 6) is 0.491. The molecule has 1 aromatic carbocycles. The molecule has 0 saturated heterocycles. The molecule has 0 aliphatic heterocycles. The van der Waals surface area contributed by atoms with Gasteiger partial charge in [-0.3, -0.25) is 9.89 Å². The van der Waals surface area contributed by atoms with Crippen molar-refractivity contribution in [1.82, 2.24) is 10.2 Å². The van der Waals surface area contributed by atoms with E-state index in [0.29, 0.717) is 6.42 Å². The highest BCUT2D eigenvalue weighted by Gasteiger charge is 2.28. The van der Waals surface area contributed by atoms with Gasteiger partial charge < -0.3 is 0 Å². The molecule has 0 saturated carbocycles. The van der Waals surface area contributed by atoms with Gasteiger partial charge in [-0.1, -0.05) is 24.3 Å². The van der Waals surface area contributed by atoms with Crippen LogP contribution < -0.4 is 0 Å². The molecule has 3 rings (SSSR count). The summed E-state index contributed by atoms with van der Waals surface area (Å²) in [4.78, 5) is 12.0. The standard InChI is InChI=1S/C14H14N2O/c1-9-4-2-3-5-11(9)10-6-13-12(8-15-16-13)14(17)7-10/h2-5,8,10H,6-7H2,1H3,(H,15,16)/t10-/m0/s1. The lowest BCUT2D eigenvalue weighted by Crippen LogP contribution is -2.18. The Morgan fingerprint density at radius 3 is 2.94 bits per heavy atom. The fraction of sp³-hybridized carbons (Fsp3) is 0.286. The number of carbonyl (C=O) groups is 1. The molecule has 1 atom stereocenters. The minimum absolute atomic E-state index is 0.202. The van der Waals surface area contributed by atoms with Gasteiger partial charge in [0, 0.05) is 12.1 Å². The molecule has 1 heterocycles. The summed E-state index contributed by atoms with van der Waals surface area (Å²) < 4.78 is 0. The molecule has 0 fully saturated rings. The van der Waals surface area contributed by atoms with Crippen LogP contribution in [-0.2, 0) is 6.42 Å². The first-order valence-electron chi connectivity index (χ1n) is 5.86. The molecule has 86 valence electrons. The van der Waals surface area contributed by atoms with Crippen LogP contribution >= 0.6 is 0 Å². The fourth-order valence-corrected chi connectivity index (χ4v) is 2.63. The Labute approximate surface area is 99.9 Å². The molecule has 1 aliphatic rings. The minimum Gasteiger partial charge on any atom is -0.294 e. The molecule has 0 amide bonds. The van der Waals surface area contributed by atoms with Gasteiger partial charge in [-0.25, -0.2) is 0 Å². The number of fused-ring (bicyclic) bond motifs is 1. The quantitative estimate of drug-likeness (QED) is 0.812. The van der Waals surface area contributed by atoms with Crippen LogP contribution in [0.5, 0.6) is 0 Å². The van der Waals surface area contributed by atoms with Crippen LogP contribution in [0.3, 0.4) is 0 Å². The van der Waals surface area contributed by atoms with E-state index in [1.165, 1.54) is 11.1 Å². The van der Waals surface area contributed by atoms with Crippen LogP contribution in [0.25, 0.3) is 0 Å². The molecule has 1 N–H and O–H groups in total. The third-order valence-electron chi connectivity index (χ3n) is 3.53. The Morgan fingerprint density at radius 1 is 1.29 bits per heavy atom. The van der Waals surface area contributed by atoms with E-state index in [0.717, 1.165) is 17.7 Å². The van der Waals surface area contributed by atoms with Crippen molar-refractivity contribution >= 4 is 5.78 Å². The molecule has 0 spiro atoms. The Bertz CT molecular complexity index is 571. The van der Waals surface area contributed by atoms with Crippen molar-refractivity contribution in [2.75, 3.05) is 0 Å². The summed E-state index contributed by atoms with van der Waals surface area (Å²) in [6, 6.07) is 8.29. The summed E-state index contributed by atoms with van der Waals surface area (Å²) in [6.07, 6.45) is 3.12. The zero-order chi connectivity index (χ0) is 11.8. The first-order chi connectivity index (χ1) is 8.25. The van der Waals surface area contributed by atoms with Crippen LogP contribution in [0.4, 0.5) is 0 Å². The average molecular weight is 226 g/mol. The molecule has 3 heteroatoms. The normalized spacial score (nSPS) is 19.1. The predicted octanol–water partition coefficient (Wildman–Crippen LogP) is 2.63. The predicted molar refractivity (Wildman–Crippen MR) is 65.2 cm³/mol. The molecule has 0 bridgehead atoms. The second-order valence-electron chi connectivity index (χ2n) is 4.65. The summed E-state index contributed by atoms with van der Waals surface area (Å²) in [7, 11) is 0. The van der Waals surface area contributed by atoms with Crippen LogP contribution in [-0.4, -0.2) is 16.0 Å². The van der Waals surface area contributed by atoms with Crippen molar-refractivity contribution in [1.29, 1.82) is 0 Å². The Balaban J connectivity index is 1.99. The number of hydrogen-bond donors (Lipinski definition) is 1. The lowest BCUT2D eigenvalue weighted by molar-refractivity contribution is 0.0964. The lowest BCUT2D eigenvalue weighted by Gasteiger charge is -2.22. The Kier molecular flexibility index (Phi) is 2.32. The SMILES string of the molecule is Cc1ccccc1[C@@H]1CC(=O)c2cn[nH]c2C1. The van der Waals surface area contributed by atoms with Crippen molar-refractivity contribution < 1.29 is 4.79 Å². The number of benzene rings is 1. The van der Waals surface area contributed by atoms with Crippen molar-refractivity contribution in [2.45, 2.75) is 25.7 Å². The van der Waals surface area contributed by atoms with E-state index in [4.69, 9.17) is 0 Å². The van der Waals surface area contributed by atoms with E-state index in [9.17, 15) is 4.79 Å². The van der Waals surface area contributed by atoms with E-state index in [1.54, 1.807) is 6.20 Å². The molecule has 1 aliphatic carbocycles. The van der Waals surface area contributed by atoms with E-state index in [-0.39, 0.29) is 11.7 Å². The number of H-pyrrole nitrogens is 1. The third kappa shape index (κ3) is 1.68. The van der Waals surface area contributed by atoms with Crippen molar-refractivity contribution in [2.24, 2.45) is 0 Å². The number of nitrogens with zero attached hydrogens (tertiary/aromatic N) is 1. The maximum Gasteiger partial charge on any atom is 0.166 e. The topological polar surface area (TPSA) is 45.8 Å². The second-order valence-corrected chi connectivity index (χ2v) is 4.65. The number of rotatable bonds is 1. The summed E-state index contributed by atoms with van der Waals surface area (Å²) in [5, 5.41) is 6.90. The van der Waals surface area contributed by atoms with E-state index in [2.05, 4.69) is 29.3 Å². The van der Waals surface area contributed by atoms with Gasteiger partial charge in [0.25, 0.3) is 0 Å². The van der Waals surface area contributed by atoms with Crippen LogP contribution in [0, 0.1) is 6.92 Å². The fourth-order valence-electron chi connectivity index (χ4n) is 2.63. The summed E-state index contributed by atoms with van der Waals surface area (Å²) in [6.45, 7) is 2.10. The molecule has 2 aromatic rings. The Morgan fingerprint density at radius 2 is 2.12 bits per heavy atom. The van der Waals surface area contributed by atoms with Gasteiger partial charge in [-0.05, 0) is 30.4 Å². The van der Waals surface area contributed by atoms with Gasteiger partial charge in [0.05, 0.1) is 11.8 Å². The highest BCUT2D eigenvalue weighted by Crippen LogP contribution is 2.32. The van der Waals surface area contributed by atoms with Gasteiger partial charge in [0.15, 0.2) is 5.78 Å². The maximum absolute atomic E-state index is 12.0. The van der Waals surface area contributed by atoms with Gasteiger partial charge in [-0.2, -0.15) is 5.10 Å². The minimum atomic E-state index is 0.202. The first kappa shape index (κ1) is 10.3. The number of nitrogens with one attached hydrogen (secondary N) is 1. The van der Waals surface area contributed by atoms with Crippen molar-refractivity contribution in [3.8, 4) is 0 Å². The molecule has 0 radical (unpaired) electrons. The zero-order valence-corrected chi connectivity index (χ0v) is 9.73. The summed E-state index contributed by atoms with van der Waals surface area (Å²) in [5.41, 5.74) is 4.29. The number of aromatic nitrogens is 2. The monoisotopic (exact) mass is 226 g/mol. The highest BCUT2D eigenvalue weighted by atomic mass is 16.1. The van der Waals surface area contributed by atoms with Crippen LogP contribution in [0.2, 0.25) is 0 Å². The molecular formula is C14H14N2O. The number of carbonyl (C=O) groups excluding carboxylic acids is 1. The van der Waals surface area contributed by atoms with Gasteiger partial charge in [0.1, 0.15) is 0 Å².